The third-order valence-electron chi connectivity index (χ3n) is 3.55. The number of tetrazole rings is 1. The van der Waals surface area contributed by atoms with Crippen LogP contribution in [0.2, 0.25) is 0 Å². The quantitative estimate of drug-likeness (QED) is 0.185. The molecule has 25 heavy (non-hydrogen) atoms. The van der Waals surface area contributed by atoms with Crippen molar-refractivity contribution in [2.75, 3.05) is 0 Å². The Bertz CT molecular complexity index is 841. The number of nitrogens with one attached hydrogen (secondary N) is 2. The van der Waals surface area contributed by atoms with Crippen LogP contribution >= 0.6 is 0 Å². The Hall–Kier alpha value is -3.48. The number of hydrogen-bond donors (Lipinski definition) is 5. The number of H-pyrrole nitrogens is 1. The van der Waals surface area contributed by atoms with Gasteiger partial charge in [-0.1, -0.05) is 17.3 Å². The summed E-state index contributed by atoms with van der Waals surface area (Å²) >= 11 is 0. The van der Waals surface area contributed by atoms with E-state index in [9.17, 15) is 14.6 Å². The lowest BCUT2D eigenvalue weighted by Crippen LogP contribution is -2.54. The number of nitrogens with zero attached hydrogens (tertiary/aromatic N) is 4. The number of rotatable bonds is 4. The zero-order valence-electron chi connectivity index (χ0n) is 12.4. The van der Waals surface area contributed by atoms with Crippen LogP contribution in [0.5, 0.6) is 5.75 Å². The topological polar surface area (TPSA) is 183 Å². The molecule has 13 heteroatoms. The third-order valence-corrected chi connectivity index (χ3v) is 3.55. The molecule has 128 valence electrons. The minimum atomic E-state index is -1.50. The minimum absolute atomic E-state index is 0.0449. The SMILES string of the molecule is O=C(N[C@H]1Cc2cccc(C(=O)O)c2OB1O)/C(=N\O)c1nnn[nH]1. The Morgan fingerprint density at radius 2 is 2.24 bits per heavy atom. The van der Waals surface area contributed by atoms with Crippen molar-refractivity contribution in [1.82, 2.24) is 25.9 Å². The molecule has 1 aromatic heterocycles. The Labute approximate surface area is 139 Å². The van der Waals surface area contributed by atoms with E-state index < -0.39 is 30.6 Å². The summed E-state index contributed by atoms with van der Waals surface area (Å²) in [6, 6.07) is 4.50. The molecular formula is C12H11BN6O6. The predicted molar refractivity (Wildman–Crippen MR) is 80.1 cm³/mol. The molecule has 0 bridgehead atoms. The van der Waals surface area contributed by atoms with Crippen LogP contribution in [-0.2, 0) is 11.2 Å². The minimum Gasteiger partial charge on any atom is -0.534 e. The highest BCUT2D eigenvalue weighted by atomic mass is 16.5. The molecule has 0 fully saturated rings. The van der Waals surface area contributed by atoms with Crippen LogP contribution < -0.4 is 9.97 Å². The van der Waals surface area contributed by atoms with Crippen molar-refractivity contribution < 1.29 is 29.6 Å². The van der Waals surface area contributed by atoms with Crippen LogP contribution in [0.1, 0.15) is 21.7 Å². The first-order valence-corrected chi connectivity index (χ1v) is 6.98. The van der Waals surface area contributed by atoms with Crippen LogP contribution in [0.25, 0.3) is 0 Å². The van der Waals surface area contributed by atoms with Gasteiger partial charge in [0, 0.05) is 0 Å². The number of hydrogen-bond acceptors (Lipinski definition) is 9. The van der Waals surface area contributed by atoms with Crippen molar-refractivity contribution in [2.45, 2.75) is 12.4 Å². The Morgan fingerprint density at radius 3 is 2.88 bits per heavy atom. The van der Waals surface area contributed by atoms with E-state index in [4.69, 9.17) is 15.0 Å². The predicted octanol–water partition coefficient (Wildman–Crippen LogP) is -1.78. The average Bonchev–Trinajstić information content (AvgIpc) is 3.09. The molecule has 0 radical (unpaired) electrons. The Kier molecular flexibility index (Phi) is 4.30. The summed E-state index contributed by atoms with van der Waals surface area (Å²) < 4.78 is 5.25. The summed E-state index contributed by atoms with van der Waals surface area (Å²) in [4.78, 5) is 23.4. The van der Waals surface area contributed by atoms with Crippen LogP contribution in [0.3, 0.4) is 0 Å². The van der Waals surface area contributed by atoms with E-state index in [0.29, 0.717) is 5.56 Å². The van der Waals surface area contributed by atoms with Crippen molar-refractivity contribution in [3.05, 3.63) is 35.2 Å². The van der Waals surface area contributed by atoms with Gasteiger partial charge in [0.1, 0.15) is 5.75 Å². The number of aromatic nitrogens is 4. The molecule has 3 rings (SSSR count). The number of carbonyl (C=O) groups is 2. The van der Waals surface area contributed by atoms with Crippen molar-refractivity contribution in [1.29, 1.82) is 0 Å². The number of carboxylic acids is 1. The molecule has 0 aliphatic carbocycles. The van der Waals surface area contributed by atoms with E-state index in [0.717, 1.165) is 0 Å². The third kappa shape index (κ3) is 3.12. The summed E-state index contributed by atoms with van der Waals surface area (Å²) in [5, 5.41) is 45.7. The maximum atomic E-state index is 12.2. The smallest absolute Gasteiger partial charge is 0.534 e. The number of aromatic carboxylic acids is 1. The second kappa shape index (κ2) is 6.56. The van der Waals surface area contributed by atoms with Gasteiger partial charge in [0.2, 0.25) is 11.5 Å². The summed E-state index contributed by atoms with van der Waals surface area (Å²) in [5.41, 5.74) is -0.0757. The lowest BCUT2D eigenvalue weighted by atomic mass is 9.72. The second-order valence-corrected chi connectivity index (χ2v) is 5.09. The molecule has 0 saturated heterocycles. The molecular weight excluding hydrogens is 335 g/mol. The average molecular weight is 346 g/mol. The standard InChI is InChI=1S/C12H11BN6O6/c20-11(8(17-24)10-15-18-19-16-10)14-7-4-5-2-1-3-6(12(21)22)9(5)25-13(7)23/h1-3,7,23-24H,4H2,(H,14,20)(H,21,22)(H,15,16,18,19)/b17-8-/t7-/m0/s1. The molecule has 1 aromatic carbocycles. The maximum absolute atomic E-state index is 12.2. The number of aromatic amines is 1. The van der Waals surface area contributed by atoms with Gasteiger partial charge in [0.15, 0.2) is 0 Å². The number of carbonyl (C=O) groups excluding carboxylic acids is 1. The fourth-order valence-electron chi connectivity index (χ4n) is 2.41. The van der Waals surface area contributed by atoms with E-state index in [-0.39, 0.29) is 23.6 Å². The molecule has 1 amide bonds. The van der Waals surface area contributed by atoms with Gasteiger partial charge in [-0.25, -0.2) is 9.89 Å². The van der Waals surface area contributed by atoms with Gasteiger partial charge in [-0.2, -0.15) is 0 Å². The molecule has 2 aromatic rings. The normalized spacial score (nSPS) is 16.8. The van der Waals surface area contributed by atoms with E-state index in [1.54, 1.807) is 6.07 Å². The molecule has 0 unspecified atom stereocenters. The van der Waals surface area contributed by atoms with Crippen molar-refractivity contribution in [2.24, 2.45) is 5.16 Å². The lowest BCUT2D eigenvalue weighted by Gasteiger charge is -2.28. The number of carboxylic acid groups (broad SMARTS) is 1. The number of benzene rings is 1. The van der Waals surface area contributed by atoms with Crippen LogP contribution in [0, 0.1) is 0 Å². The first-order chi connectivity index (χ1) is 12.0. The van der Waals surface area contributed by atoms with E-state index in [1.807, 2.05) is 0 Å². The molecule has 1 aliphatic rings. The lowest BCUT2D eigenvalue weighted by molar-refractivity contribution is -0.115. The zero-order chi connectivity index (χ0) is 18.0. The fraction of sp³-hybridized carbons (Fsp3) is 0.167. The highest BCUT2D eigenvalue weighted by Gasteiger charge is 2.38. The van der Waals surface area contributed by atoms with Crippen LogP contribution in [-0.4, -0.2) is 66.6 Å². The first-order valence-electron chi connectivity index (χ1n) is 6.98. The molecule has 2 heterocycles. The van der Waals surface area contributed by atoms with E-state index >= 15 is 0 Å². The number of fused-ring (bicyclic) bond motifs is 1. The molecule has 1 atom stereocenters. The number of para-hydroxylation sites is 1. The molecule has 0 saturated carbocycles. The largest absolute Gasteiger partial charge is 0.547 e. The van der Waals surface area contributed by atoms with Gasteiger partial charge < -0.3 is 25.3 Å². The first kappa shape index (κ1) is 16.4. The van der Waals surface area contributed by atoms with Crippen LogP contribution in [0.4, 0.5) is 0 Å². The fourth-order valence-corrected chi connectivity index (χ4v) is 2.41. The zero-order valence-corrected chi connectivity index (χ0v) is 12.4. The molecule has 5 N–H and O–H groups in total. The van der Waals surface area contributed by atoms with Gasteiger partial charge in [0.05, 0.1) is 11.5 Å². The van der Waals surface area contributed by atoms with Gasteiger partial charge in [0.25, 0.3) is 5.91 Å². The van der Waals surface area contributed by atoms with Crippen LogP contribution in [0.15, 0.2) is 23.4 Å². The monoisotopic (exact) mass is 346 g/mol. The summed E-state index contributed by atoms with van der Waals surface area (Å²) in [5.74, 6) is -3.08. The van der Waals surface area contributed by atoms with E-state index in [1.165, 1.54) is 12.1 Å². The second-order valence-electron chi connectivity index (χ2n) is 5.09. The summed E-state index contributed by atoms with van der Waals surface area (Å²) in [6.45, 7) is 0. The summed E-state index contributed by atoms with van der Waals surface area (Å²) in [7, 11) is -1.50. The number of oxime groups is 1. The van der Waals surface area contributed by atoms with Crippen molar-refractivity contribution in [3.8, 4) is 5.75 Å². The molecule has 12 nitrogen and oxygen atoms in total. The van der Waals surface area contributed by atoms with Crippen molar-refractivity contribution in [3.63, 3.8) is 0 Å². The maximum Gasteiger partial charge on any atom is 0.547 e. The van der Waals surface area contributed by atoms with Gasteiger partial charge in [-0.3, -0.25) is 4.79 Å². The highest BCUT2D eigenvalue weighted by Crippen LogP contribution is 2.30. The molecule has 1 aliphatic heterocycles. The van der Waals surface area contributed by atoms with Gasteiger partial charge >= 0.3 is 13.1 Å². The highest BCUT2D eigenvalue weighted by molar-refractivity contribution is 6.50. The van der Waals surface area contributed by atoms with Gasteiger partial charge in [-0.05, 0) is 28.5 Å². The molecule has 0 spiro atoms. The number of amides is 1. The van der Waals surface area contributed by atoms with Crippen molar-refractivity contribution >= 4 is 24.7 Å². The summed E-state index contributed by atoms with van der Waals surface area (Å²) in [6.07, 6.45) is 0.108. The van der Waals surface area contributed by atoms with Gasteiger partial charge in [-0.15, -0.1) is 5.10 Å². The Balaban J connectivity index is 1.80. The Morgan fingerprint density at radius 1 is 1.44 bits per heavy atom. The van der Waals surface area contributed by atoms with E-state index in [2.05, 4.69) is 31.1 Å².